The van der Waals surface area contributed by atoms with Crippen LogP contribution in [0, 0.1) is 6.92 Å². The van der Waals surface area contributed by atoms with E-state index in [0.717, 1.165) is 11.2 Å². The maximum atomic E-state index is 12.0. The number of aryl methyl sites for hydroxylation is 2. The van der Waals surface area contributed by atoms with Gasteiger partial charge in [-0.2, -0.15) is 0 Å². The monoisotopic (exact) mass is 319 g/mol. The summed E-state index contributed by atoms with van der Waals surface area (Å²) >= 11 is 0. The fourth-order valence-electron chi connectivity index (χ4n) is 2.76. The molecule has 0 radical (unpaired) electrons. The highest BCUT2D eigenvalue weighted by Gasteiger charge is 2.14. The summed E-state index contributed by atoms with van der Waals surface area (Å²) in [6.45, 7) is 2.88. The van der Waals surface area contributed by atoms with Crippen molar-refractivity contribution in [3.8, 4) is 0 Å². The van der Waals surface area contributed by atoms with E-state index in [4.69, 9.17) is 4.74 Å². The number of aliphatic hydroxyl groups excluding tert-OH is 1. The number of nitrogens with one attached hydrogen (secondary N) is 2. The smallest absolute Gasteiger partial charge is 0.315 e. The van der Waals surface area contributed by atoms with Gasteiger partial charge in [0, 0.05) is 37.4 Å². The van der Waals surface area contributed by atoms with Crippen molar-refractivity contribution >= 4 is 16.9 Å². The molecule has 0 aliphatic carbocycles. The van der Waals surface area contributed by atoms with Crippen LogP contribution >= 0.6 is 0 Å². The summed E-state index contributed by atoms with van der Waals surface area (Å²) in [5.41, 5.74) is 3.39. The molecule has 126 valence electrons. The number of fused-ring (bicyclic) bond motifs is 1. The van der Waals surface area contributed by atoms with E-state index in [1.807, 2.05) is 19.2 Å². The molecule has 0 saturated heterocycles. The Morgan fingerprint density at radius 1 is 1.39 bits per heavy atom. The van der Waals surface area contributed by atoms with E-state index >= 15 is 0 Å². The molecule has 0 saturated carbocycles. The summed E-state index contributed by atoms with van der Waals surface area (Å²) in [6, 6.07) is 7.58. The first-order chi connectivity index (χ1) is 11.1. The molecule has 1 aromatic carbocycles. The lowest BCUT2D eigenvalue weighted by Crippen LogP contribution is -2.44. The minimum atomic E-state index is -0.302. The number of aliphatic hydroxyl groups is 1. The van der Waals surface area contributed by atoms with Crippen LogP contribution in [-0.2, 0) is 18.3 Å². The number of rotatable bonds is 7. The van der Waals surface area contributed by atoms with E-state index in [0.29, 0.717) is 19.6 Å². The van der Waals surface area contributed by atoms with Crippen molar-refractivity contribution in [3.63, 3.8) is 0 Å². The molecule has 23 heavy (non-hydrogen) atoms. The zero-order valence-electron chi connectivity index (χ0n) is 13.9. The van der Waals surface area contributed by atoms with Gasteiger partial charge in [-0.05, 0) is 25.0 Å². The Balaban J connectivity index is 1.99. The summed E-state index contributed by atoms with van der Waals surface area (Å²) in [7, 11) is 3.59. The molecule has 1 aromatic heterocycles. The molecule has 0 spiro atoms. The van der Waals surface area contributed by atoms with Crippen LogP contribution in [-0.4, -0.2) is 42.1 Å². The summed E-state index contributed by atoms with van der Waals surface area (Å²) in [6.07, 6.45) is 0.577. The van der Waals surface area contributed by atoms with Gasteiger partial charge in [-0.15, -0.1) is 0 Å². The first-order valence-electron chi connectivity index (χ1n) is 7.75. The van der Waals surface area contributed by atoms with Crippen molar-refractivity contribution in [2.75, 3.05) is 20.3 Å². The molecule has 2 amide bonds. The third kappa shape index (κ3) is 4.03. The molecule has 6 heteroatoms. The van der Waals surface area contributed by atoms with Gasteiger partial charge in [0.25, 0.3) is 0 Å². The van der Waals surface area contributed by atoms with Crippen LogP contribution in [0.3, 0.4) is 0 Å². The van der Waals surface area contributed by atoms with Crippen LogP contribution in [0.2, 0.25) is 0 Å². The first-order valence-corrected chi connectivity index (χ1v) is 7.75. The topological polar surface area (TPSA) is 75.5 Å². The molecule has 0 aliphatic heterocycles. The number of hydrogen-bond acceptors (Lipinski definition) is 3. The lowest BCUT2D eigenvalue weighted by molar-refractivity contribution is 0.159. The summed E-state index contributed by atoms with van der Waals surface area (Å²) in [4.78, 5) is 12.0. The van der Waals surface area contributed by atoms with Crippen LogP contribution in [0.5, 0.6) is 0 Å². The van der Waals surface area contributed by atoms with Crippen LogP contribution in [0.1, 0.15) is 17.7 Å². The van der Waals surface area contributed by atoms with Crippen molar-refractivity contribution in [1.29, 1.82) is 0 Å². The third-order valence-corrected chi connectivity index (χ3v) is 4.15. The van der Waals surface area contributed by atoms with Crippen LogP contribution in [0.4, 0.5) is 4.79 Å². The number of aromatic nitrogens is 1. The molecule has 1 heterocycles. The molecule has 1 atom stereocenters. The zero-order chi connectivity index (χ0) is 16.8. The number of para-hydroxylation sites is 1. The number of urea groups is 1. The van der Waals surface area contributed by atoms with E-state index in [9.17, 15) is 9.90 Å². The van der Waals surface area contributed by atoms with Crippen LogP contribution in [0.15, 0.2) is 24.3 Å². The van der Waals surface area contributed by atoms with E-state index in [1.165, 1.54) is 10.9 Å². The molecule has 0 unspecified atom stereocenters. The summed E-state index contributed by atoms with van der Waals surface area (Å²) in [5.74, 6) is 0. The molecular formula is C17H25N3O3. The van der Waals surface area contributed by atoms with Crippen LogP contribution in [0.25, 0.3) is 10.9 Å². The van der Waals surface area contributed by atoms with Crippen molar-refractivity contribution in [2.24, 2.45) is 7.05 Å². The molecular weight excluding hydrogens is 294 g/mol. The fourth-order valence-corrected chi connectivity index (χ4v) is 2.76. The number of amides is 2. The van der Waals surface area contributed by atoms with E-state index in [-0.39, 0.29) is 18.7 Å². The number of carbonyl (C=O) groups excluding carboxylic acids is 1. The van der Waals surface area contributed by atoms with E-state index < -0.39 is 0 Å². The Kier molecular flexibility index (Phi) is 6.01. The summed E-state index contributed by atoms with van der Waals surface area (Å²) < 4.78 is 7.06. The van der Waals surface area contributed by atoms with Gasteiger partial charge in [0.05, 0.1) is 19.2 Å². The average Bonchev–Trinajstić information content (AvgIpc) is 2.81. The number of ether oxygens (including phenoxy) is 1. The number of carbonyl (C=O) groups is 1. The lowest BCUT2D eigenvalue weighted by atomic mass is 10.1. The predicted molar refractivity (Wildman–Crippen MR) is 90.4 cm³/mol. The number of methoxy groups -OCH3 is 1. The normalized spacial score (nSPS) is 12.3. The van der Waals surface area contributed by atoms with Gasteiger partial charge >= 0.3 is 6.03 Å². The quantitative estimate of drug-likeness (QED) is 0.727. The van der Waals surface area contributed by atoms with Crippen molar-refractivity contribution in [3.05, 3.63) is 35.5 Å². The predicted octanol–water partition coefficient (Wildman–Crippen LogP) is 1.68. The highest BCUT2D eigenvalue weighted by Crippen LogP contribution is 2.24. The first kappa shape index (κ1) is 17.3. The van der Waals surface area contributed by atoms with E-state index in [1.54, 1.807) is 7.11 Å². The molecule has 3 N–H and O–H groups in total. The third-order valence-electron chi connectivity index (χ3n) is 4.15. The van der Waals surface area contributed by atoms with Gasteiger partial charge in [-0.25, -0.2) is 4.79 Å². The van der Waals surface area contributed by atoms with Gasteiger partial charge < -0.3 is 25.0 Å². The molecule has 0 aliphatic rings. The Morgan fingerprint density at radius 2 is 2.13 bits per heavy atom. The van der Waals surface area contributed by atoms with Gasteiger partial charge in [-0.1, -0.05) is 18.2 Å². The van der Waals surface area contributed by atoms with Gasteiger partial charge in [0.15, 0.2) is 0 Å². The van der Waals surface area contributed by atoms with Gasteiger partial charge in [0.2, 0.25) is 0 Å². The Morgan fingerprint density at radius 3 is 2.78 bits per heavy atom. The molecule has 2 rings (SSSR count). The maximum absolute atomic E-state index is 12.0. The second-order valence-corrected chi connectivity index (χ2v) is 5.64. The molecule has 2 aromatic rings. The minimum Gasteiger partial charge on any atom is -0.394 e. The largest absolute Gasteiger partial charge is 0.394 e. The summed E-state index contributed by atoms with van der Waals surface area (Å²) in [5, 5.41) is 16.1. The Bertz CT molecular complexity index is 627. The Labute approximate surface area is 136 Å². The SMILES string of the molecule is COCC[C@@H](CO)NC(=O)NCc1c(C)c2ccccc2n1C. The fraction of sp³-hybridized carbons (Fsp3) is 0.471. The zero-order valence-corrected chi connectivity index (χ0v) is 13.9. The van der Waals surface area contributed by atoms with E-state index in [2.05, 4.69) is 34.3 Å². The highest BCUT2D eigenvalue weighted by molar-refractivity contribution is 5.85. The molecule has 0 fully saturated rings. The highest BCUT2D eigenvalue weighted by atomic mass is 16.5. The minimum absolute atomic E-state index is 0.107. The van der Waals surface area contributed by atoms with Crippen LogP contribution < -0.4 is 10.6 Å². The number of benzene rings is 1. The lowest BCUT2D eigenvalue weighted by Gasteiger charge is -2.16. The second-order valence-electron chi connectivity index (χ2n) is 5.64. The number of hydrogen-bond donors (Lipinski definition) is 3. The maximum Gasteiger partial charge on any atom is 0.315 e. The standard InChI is InChI=1S/C17H25N3O3/c1-12-14-6-4-5-7-15(14)20(2)16(12)10-18-17(22)19-13(11-21)8-9-23-3/h4-7,13,21H,8-11H2,1-3H3,(H2,18,19,22)/t13-/m0/s1. The second kappa shape index (κ2) is 7.99. The van der Waals surface area contributed by atoms with Gasteiger partial charge in [-0.3, -0.25) is 0 Å². The van der Waals surface area contributed by atoms with Crippen molar-refractivity contribution in [1.82, 2.24) is 15.2 Å². The number of nitrogens with zero attached hydrogens (tertiary/aromatic N) is 1. The Hall–Kier alpha value is -2.05. The molecule has 0 bridgehead atoms. The van der Waals surface area contributed by atoms with Gasteiger partial charge in [0.1, 0.15) is 0 Å². The average molecular weight is 319 g/mol. The molecule has 6 nitrogen and oxygen atoms in total. The van der Waals surface area contributed by atoms with Crippen molar-refractivity contribution < 1.29 is 14.6 Å². The van der Waals surface area contributed by atoms with Crippen molar-refractivity contribution in [2.45, 2.75) is 25.9 Å².